The summed E-state index contributed by atoms with van der Waals surface area (Å²) in [6, 6.07) is 111. The molecule has 0 fully saturated rings. The first-order valence-corrected chi connectivity index (χ1v) is 39.1. The maximum Gasteiger partial charge on any atom is 0.0461 e. The Balaban J connectivity index is 0.000000143. The first-order chi connectivity index (χ1) is 51.4. The van der Waals surface area contributed by atoms with Crippen LogP contribution in [0.25, 0.3) is 99.4 Å². The van der Waals surface area contributed by atoms with E-state index in [2.05, 4.69) is 346 Å². The Kier molecular flexibility index (Phi) is 23.8. The van der Waals surface area contributed by atoms with Crippen molar-refractivity contribution in [1.29, 1.82) is 0 Å². The van der Waals surface area contributed by atoms with Crippen LogP contribution in [0.4, 0.5) is 17.1 Å². The van der Waals surface area contributed by atoms with E-state index in [1.165, 1.54) is 245 Å². The molecule has 105 heavy (non-hydrogen) atoms. The zero-order chi connectivity index (χ0) is 72.7. The average molecular weight is 1370 g/mol. The van der Waals surface area contributed by atoms with E-state index >= 15 is 0 Å². The molecule has 14 aromatic carbocycles. The second kappa shape index (κ2) is 34.3. The second-order valence-electron chi connectivity index (χ2n) is 29.8. The number of rotatable bonds is 21. The van der Waals surface area contributed by atoms with Gasteiger partial charge in [-0.15, -0.1) is 0 Å². The van der Waals surface area contributed by atoms with Gasteiger partial charge in [0, 0.05) is 22.5 Å². The lowest BCUT2D eigenvalue weighted by molar-refractivity contribution is 0.397. The van der Waals surface area contributed by atoms with Crippen molar-refractivity contribution in [2.45, 2.75) is 158 Å². The third kappa shape index (κ3) is 16.4. The van der Waals surface area contributed by atoms with E-state index in [9.17, 15) is 0 Å². The highest BCUT2D eigenvalue weighted by molar-refractivity contribution is 6.30. The highest BCUT2D eigenvalue weighted by atomic mass is 15.1. The summed E-state index contributed by atoms with van der Waals surface area (Å²) in [5, 5.41) is 5.24. The zero-order valence-electron chi connectivity index (χ0n) is 63.7. The van der Waals surface area contributed by atoms with Gasteiger partial charge in [-0.05, 0) is 208 Å². The smallest absolute Gasteiger partial charge is 0.0461 e. The quantitative estimate of drug-likeness (QED) is 0.0648. The number of anilines is 3. The molecular weight excluding hydrogens is 1260 g/mol. The Morgan fingerprint density at radius 3 is 0.905 bits per heavy atom. The minimum atomic E-state index is 0.234. The Labute approximate surface area is 628 Å². The van der Waals surface area contributed by atoms with E-state index in [1.807, 2.05) is 24.3 Å². The van der Waals surface area contributed by atoms with E-state index in [-0.39, 0.29) is 5.41 Å². The molecule has 526 valence electrons. The minimum absolute atomic E-state index is 0.234. The van der Waals surface area contributed by atoms with Gasteiger partial charge < -0.3 is 4.90 Å². The number of fused-ring (bicyclic) bond motifs is 7. The molecule has 0 aromatic heterocycles. The topological polar surface area (TPSA) is 3.24 Å². The molecule has 0 unspecified atom stereocenters. The fourth-order valence-electron chi connectivity index (χ4n) is 16.4. The van der Waals surface area contributed by atoms with E-state index < -0.39 is 0 Å². The minimum Gasteiger partial charge on any atom is -0.311 e. The van der Waals surface area contributed by atoms with Crippen molar-refractivity contribution < 1.29 is 0 Å². The van der Waals surface area contributed by atoms with Gasteiger partial charge >= 0.3 is 0 Å². The predicted molar refractivity (Wildman–Crippen MR) is 457 cm³/mol. The van der Waals surface area contributed by atoms with Crippen molar-refractivity contribution in [3.63, 3.8) is 0 Å². The average Bonchev–Trinajstić information content (AvgIpc) is 1.54. The first-order valence-electron chi connectivity index (χ1n) is 39.1. The Morgan fingerprint density at radius 2 is 0.524 bits per heavy atom. The van der Waals surface area contributed by atoms with Crippen LogP contribution in [-0.2, 0) is 5.41 Å². The number of nitrogens with zero attached hydrogens (tertiary/aromatic N) is 1. The molecule has 2 aliphatic carbocycles. The number of hydrogen-bond donors (Lipinski definition) is 0. The molecule has 16 rings (SSSR count). The Morgan fingerprint density at radius 1 is 0.229 bits per heavy atom. The van der Waals surface area contributed by atoms with Crippen LogP contribution in [0.15, 0.2) is 303 Å². The van der Waals surface area contributed by atoms with E-state index in [0.717, 1.165) is 0 Å². The maximum atomic E-state index is 2.53. The molecular formula is C104H105N. The number of para-hydroxylation sites is 1. The molecule has 0 atom stereocenters. The van der Waals surface area contributed by atoms with Crippen LogP contribution in [0, 0.1) is 48.5 Å². The van der Waals surface area contributed by atoms with Crippen molar-refractivity contribution in [1.82, 2.24) is 0 Å². The first kappa shape index (κ1) is 72.7. The fraction of sp³-hybridized carbons (Fsp3) is 0.231. The summed E-state index contributed by atoms with van der Waals surface area (Å²) < 4.78 is 0. The molecule has 14 aromatic rings. The molecule has 0 N–H and O–H groups in total. The summed E-state index contributed by atoms with van der Waals surface area (Å²) in [6.07, 6.45) is 19.2. The maximum absolute atomic E-state index is 2.53. The molecule has 0 amide bonds. The van der Waals surface area contributed by atoms with Crippen molar-refractivity contribution in [3.8, 4) is 77.9 Å². The largest absolute Gasteiger partial charge is 0.311 e. The summed E-state index contributed by atoms with van der Waals surface area (Å²) in [4.78, 5) is 2.28. The number of unbranched alkanes of at least 4 members (excludes halogenated alkanes) is 10. The lowest BCUT2D eigenvalue weighted by Gasteiger charge is -2.33. The number of aryl methyl sites for hydroxylation is 7. The molecule has 0 bridgehead atoms. The summed E-state index contributed by atoms with van der Waals surface area (Å²) in [7, 11) is 0. The molecule has 1 heteroatoms. The van der Waals surface area contributed by atoms with Crippen LogP contribution in [0.1, 0.15) is 154 Å². The van der Waals surface area contributed by atoms with Gasteiger partial charge in [-0.2, -0.15) is 0 Å². The number of benzene rings is 14. The van der Waals surface area contributed by atoms with Crippen LogP contribution < -0.4 is 4.90 Å². The molecule has 0 spiro atoms. The van der Waals surface area contributed by atoms with Crippen molar-refractivity contribution in [2.75, 3.05) is 4.90 Å². The normalized spacial score (nSPS) is 11.9. The van der Waals surface area contributed by atoms with Gasteiger partial charge in [0.25, 0.3) is 0 Å². The molecule has 0 aliphatic heterocycles. The zero-order valence-corrected chi connectivity index (χ0v) is 63.7. The SMILES string of the molecule is CCCCCCCCC1(CCCCCCCC)c2cc(C)ccc2-c2ccc(C)cc21.Cc1ccc(-c2c3c(c(-c4ccc(C)cc4)c4ccccc24)-c2ccc(-c4ccccc4)c4c(-c5ccccc5)ccc-3c24)cc1.Cc1ccc(N(c2ccccc2)c2ccc(C)cc2)cc1.Cc1ccccc1. The third-order valence-corrected chi connectivity index (χ3v) is 21.9. The van der Waals surface area contributed by atoms with Gasteiger partial charge in [0.1, 0.15) is 0 Å². The highest BCUT2D eigenvalue weighted by Gasteiger charge is 2.42. The van der Waals surface area contributed by atoms with Gasteiger partial charge in [-0.1, -0.05) is 397 Å². The Bertz CT molecular complexity index is 4880. The second-order valence-corrected chi connectivity index (χ2v) is 29.8. The van der Waals surface area contributed by atoms with Crippen LogP contribution >= 0.6 is 0 Å². The van der Waals surface area contributed by atoms with Gasteiger partial charge in [0.05, 0.1) is 0 Å². The van der Waals surface area contributed by atoms with Crippen LogP contribution in [0.3, 0.4) is 0 Å². The third-order valence-electron chi connectivity index (χ3n) is 21.9. The summed E-state index contributed by atoms with van der Waals surface area (Å²) in [6.45, 7) is 19.8. The lowest BCUT2D eigenvalue weighted by atomic mass is 9.70. The van der Waals surface area contributed by atoms with Gasteiger partial charge in [-0.25, -0.2) is 0 Å². The standard InChI is InChI=1S/C46H32.C31H46.C20H19N.C7H8/c1-29-17-21-33(22-18-29)41-37-15-9-10-16-38(37)42(34-23-19-30(2)20-24-34)46-40-28-26-36(32-13-7-4-8-14-32)43-35(31-11-5-3-6-12-31)25-27-39(44(40)43)45(41)46;1-5-7-9-11-13-15-21-31(22-16-14-12-10-8-6-2)29-23-25(3)17-19-27(29)28-20-18-26(4)24-30(28)31;1-16-8-12-19(13-9-16)21(18-6-4-3-5-7-18)20-14-10-17(2)11-15-20;1-7-5-3-2-4-6-7/h3-28H,1-2H3;17-20,23-24H,5-16,21-22H2,1-4H3;3-15H,1-2H3;2-6H,1H3. The molecule has 0 saturated heterocycles. The van der Waals surface area contributed by atoms with Gasteiger partial charge in [0.2, 0.25) is 0 Å². The predicted octanol–water partition coefficient (Wildman–Crippen LogP) is 30.8. The van der Waals surface area contributed by atoms with E-state index in [0.29, 0.717) is 0 Å². The molecule has 0 radical (unpaired) electrons. The van der Waals surface area contributed by atoms with Crippen molar-refractivity contribution >= 4 is 38.6 Å². The van der Waals surface area contributed by atoms with E-state index in [4.69, 9.17) is 0 Å². The van der Waals surface area contributed by atoms with Crippen molar-refractivity contribution in [2.24, 2.45) is 0 Å². The monoisotopic (exact) mass is 1370 g/mol. The van der Waals surface area contributed by atoms with Crippen LogP contribution in [0.5, 0.6) is 0 Å². The summed E-state index contributed by atoms with van der Waals surface area (Å²) in [5.41, 5.74) is 34.7. The molecule has 0 saturated carbocycles. The lowest BCUT2D eigenvalue weighted by Crippen LogP contribution is -2.25. The number of hydrogen-bond acceptors (Lipinski definition) is 1. The van der Waals surface area contributed by atoms with Gasteiger partial charge in [-0.3, -0.25) is 0 Å². The van der Waals surface area contributed by atoms with Gasteiger partial charge in [0.15, 0.2) is 0 Å². The fourth-order valence-corrected chi connectivity index (χ4v) is 16.4. The highest BCUT2D eigenvalue weighted by Crippen LogP contribution is 2.60. The molecule has 2 aliphatic rings. The van der Waals surface area contributed by atoms with Crippen LogP contribution in [-0.4, -0.2) is 0 Å². The van der Waals surface area contributed by atoms with Crippen LogP contribution in [0.2, 0.25) is 0 Å². The van der Waals surface area contributed by atoms with E-state index in [1.54, 1.807) is 11.1 Å². The summed E-state index contributed by atoms with van der Waals surface area (Å²) >= 11 is 0. The Hall–Kier alpha value is -10.6. The van der Waals surface area contributed by atoms with Crippen molar-refractivity contribution in [3.05, 3.63) is 353 Å². The molecule has 0 heterocycles. The molecule has 1 nitrogen and oxygen atoms in total. The summed E-state index contributed by atoms with van der Waals surface area (Å²) in [5.74, 6) is 0.